The van der Waals surface area contributed by atoms with Crippen LogP contribution in [0.3, 0.4) is 0 Å². The molecule has 28 heavy (non-hydrogen) atoms. The molecule has 0 bridgehead atoms. The van der Waals surface area contributed by atoms with Crippen LogP contribution in [0, 0.1) is 6.92 Å². The number of hydrogen-bond donors (Lipinski definition) is 0. The predicted octanol–water partition coefficient (Wildman–Crippen LogP) is 2.27. The van der Waals surface area contributed by atoms with E-state index in [0.29, 0.717) is 44.4 Å². The smallest absolute Gasteiger partial charge is 0.362 e. The summed E-state index contributed by atoms with van der Waals surface area (Å²) in [4.78, 5) is 19.9. The van der Waals surface area contributed by atoms with Gasteiger partial charge < -0.3 is 14.2 Å². The molecule has 0 saturated carbocycles. The van der Waals surface area contributed by atoms with Crippen LogP contribution in [0.4, 0.5) is 13.2 Å². The molecule has 0 spiro atoms. The van der Waals surface area contributed by atoms with Gasteiger partial charge in [-0.05, 0) is 12.5 Å². The maximum absolute atomic E-state index is 12.1. The highest BCUT2D eigenvalue weighted by molar-refractivity contribution is 5.77. The fourth-order valence-electron chi connectivity index (χ4n) is 2.94. The lowest BCUT2D eigenvalue weighted by molar-refractivity contribution is -0.178. The SMILES string of the molecule is Cc1ccccc1-c1noc(CN2CCN(C(=O)COCC(F)(F)F)CC2)n1. The van der Waals surface area contributed by atoms with Crippen molar-refractivity contribution in [3.63, 3.8) is 0 Å². The minimum atomic E-state index is -4.43. The second-order valence-electron chi connectivity index (χ2n) is 6.59. The van der Waals surface area contributed by atoms with Gasteiger partial charge in [0, 0.05) is 31.7 Å². The molecule has 0 radical (unpaired) electrons. The van der Waals surface area contributed by atoms with Crippen molar-refractivity contribution in [1.29, 1.82) is 0 Å². The Balaban J connectivity index is 1.46. The Morgan fingerprint density at radius 2 is 1.93 bits per heavy atom. The number of carbonyl (C=O) groups is 1. The molecule has 1 amide bonds. The molecule has 1 fully saturated rings. The van der Waals surface area contributed by atoms with Gasteiger partial charge in [-0.15, -0.1) is 0 Å². The van der Waals surface area contributed by atoms with E-state index in [4.69, 9.17) is 4.52 Å². The molecule has 1 aromatic heterocycles. The number of carbonyl (C=O) groups excluding carboxylic acids is 1. The fourth-order valence-corrected chi connectivity index (χ4v) is 2.94. The number of alkyl halides is 3. The van der Waals surface area contributed by atoms with E-state index in [1.54, 1.807) is 0 Å². The van der Waals surface area contributed by atoms with Crippen molar-refractivity contribution in [3.05, 3.63) is 35.7 Å². The molecule has 1 saturated heterocycles. The van der Waals surface area contributed by atoms with Crippen LogP contribution in [0.2, 0.25) is 0 Å². The van der Waals surface area contributed by atoms with Crippen molar-refractivity contribution in [2.24, 2.45) is 0 Å². The highest BCUT2D eigenvalue weighted by Gasteiger charge is 2.29. The number of rotatable bonds is 6. The predicted molar refractivity (Wildman–Crippen MR) is 93.2 cm³/mol. The molecule has 0 aliphatic carbocycles. The number of benzene rings is 1. The molecule has 2 aromatic rings. The second kappa shape index (κ2) is 8.70. The van der Waals surface area contributed by atoms with E-state index >= 15 is 0 Å². The quantitative estimate of drug-likeness (QED) is 0.744. The first-order valence-corrected chi connectivity index (χ1v) is 8.85. The molecule has 0 atom stereocenters. The number of aromatic nitrogens is 2. The number of halogens is 3. The molecule has 7 nitrogen and oxygen atoms in total. The van der Waals surface area contributed by atoms with E-state index in [1.807, 2.05) is 31.2 Å². The molecule has 2 heterocycles. The van der Waals surface area contributed by atoms with E-state index in [-0.39, 0.29) is 0 Å². The summed E-state index contributed by atoms with van der Waals surface area (Å²) in [5, 5.41) is 4.02. The van der Waals surface area contributed by atoms with Crippen LogP contribution in [0.25, 0.3) is 11.4 Å². The molecular weight excluding hydrogens is 377 g/mol. The van der Waals surface area contributed by atoms with Crippen LogP contribution in [0.1, 0.15) is 11.5 Å². The summed E-state index contributed by atoms with van der Waals surface area (Å²) in [7, 11) is 0. The molecular formula is C18H21F3N4O3. The average Bonchev–Trinajstić information content (AvgIpc) is 3.10. The number of piperazine rings is 1. The van der Waals surface area contributed by atoms with Gasteiger partial charge >= 0.3 is 6.18 Å². The first-order chi connectivity index (χ1) is 13.3. The van der Waals surface area contributed by atoms with Gasteiger partial charge in [0.25, 0.3) is 0 Å². The highest BCUT2D eigenvalue weighted by atomic mass is 19.4. The van der Waals surface area contributed by atoms with Crippen LogP contribution in [0.15, 0.2) is 28.8 Å². The van der Waals surface area contributed by atoms with Gasteiger partial charge in [-0.3, -0.25) is 9.69 Å². The Labute approximate surface area is 160 Å². The lowest BCUT2D eigenvalue weighted by Gasteiger charge is -2.33. The molecule has 10 heteroatoms. The van der Waals surface area contributed by atoms with Gasteiger partial charge in [-0.2, -0.15) is 18.2 Å². The van der Waals surface area contributed by atoms with Gasteiger partial charge in [0.2, 0.25) is 17.6 Å². The highest BCUT2D eigenvalue weighted by Crippen LogP contribution is 2.20. The summed E-state index contributed by atoms with van der Waals surface area (Å²) < 4.78 is 45.9. The standard InChI is InChI=1S/C18H21F3N4O3/c1-13-4-2-3-5-14(13)17-22-15(28-23-17)10-24-6-8-25(9-7-24)16(26)11-27-12-18(19,20)21/h2-5H,6-12H2,1H3. The maximum Gasteiger partial charge on any atom is 0.411 e. The van der Waals surface area contributed by atoms with E-state index < -0.39 is 25.3 Å². The first-order valence-electron chi connectivity index (χ1n) is 8.85. The summed E-state index contributed by atoms with van der Waals surface area (Å²) in [6.45, 7) is 2.38. The Kier molecular flexibility index (Phi) is 6.30. The summed E-state index contributed by atoms with van der Waals surface area (Å²) in [5.41, 5.74) is 1.96. The third-order valence-electron chi connectivity index (χ3n) is 4.43. The van der Waals surface area contributed by atoms with Crippen LogP contribution in [0.5, 0.6) is 0 Å². The van der Waals surface area contributed by atoms with Gasteiger partial charge in [0.05, 0.1) is 6.54 Å². The zero-order valence-corrected chi connectivity index (χ0v) is 15.4. The number of nitrogens with zero attached hydrogens (tertiary/aromatic N) is 4. The second-order valence-corrected chi connectivity index (χ2v) is 6.59. The number of hydrogen-bond acceptors (Lipinski definition) is 6. The van der Waals surface area contributed by atoms with E-state index in [0.717, 1.165) is 11.1 Å². The van der Waals surface area contributed by atoms with Crippen molar-refractivity contribution < 1.29 is 27.2 Å². The minimum absolute atomic E-state index is 0.410. The van der Waals surface area contributed by atoms with Gasteiger partial charge in [-0.1, -0.05) is 29.4 Å². The molecule has 152 valence electrons. The Morgan fingerprint density at radius 3 is 2.61 bits per heavy atom. The minimum Gasteiger partial charge on any atom is -0.362 e. The van der Waals surface area contributed by atoms with Crippen LogP contribution in [-0.4, -0.2) is 71.4 Å². The molecule has 3 rings (SSSR count). The Hall–Kier alpha value is -2.46. The third-order valence-corrected chi connectivity index (χ3v) is 4.43. The van der Waals surface area contributed by atoms with Crippen LogP contribution in [-0.2, 0) is 16.1 Å². The maximum atomic E-state index is 12.1. The third kappa shape index (κ3) is 5.52. The average molecular weight is 398 g/mol. The largest absolute Gasteiger partial charge is 0.411 e. The molecule has 0 N–H and O–H groups in total. The van der Waals surface area contributed by atoms with Crippen molar-refractivity contribution in [1.82, 2.24) is 19.9 Å². The van der Waals surface area contributed by atoms with Crippen molar-refractivity contribution >= 4 is 5.91 Å². The Bertz CT molecular complexity index is 801. The molecule has 1 aliphatic rings. The fraction of sp³-hybridized carbons (Fsp3) is 0.500. The summed E-state index contributed by atoms with van der Waals surface area (Å²) in [6.07, 6.45) is -4.43. The number of amides is 1. The molecule has 1 aromatic carbocycles. The van der Waals surface area contributed by atoms with Crippen molar-refractivity contribution in [2.75, 3.05) is 39.4 Å². The monoisotopic (exact) mass is 398 g/mol. The first kappa shape index (κ1) is 20.3. The molecule has 1 aliphatic heterocycles. The summed E-state index contributed by atoms with van der Waals surface area (Å²) in [5.74, 6) is 0.568. The summed E-state index contributed by atoms with van der Waals surface area (Å²) in [6, 6.07) is 7.75. The normalized spacial score (nSPS) is 15.8. The number of ether oxygens (including phenoxy) is 1. The van der Waals surface area contributed by atoms with Crippen LogP contribution < -0.4 is 0 Å². The zero-order valence-electron chi connectivity index (χ0n) is 15.4. The topological polar surface area (TPSA) is 71.7 Å². The van der Waals surface area contributed by atoms with Gasteiger partial charge in [0.1, 0.15) is 13.2 Å². The Morgan fingerprint density at radius 1 is 1.21 bits per heavy atom. The van der Waals surface area contributed by atoms with E-state index in [1.165, 1.54) is 4.90 Å². The van der Waals surface area contributed by atoms with Gasteiger partial charge in [0.15, 0.2) is 0 Å². The number of aryl methyl sites for hydroxylation is 1. The van der Waals surface area contributed by atoms with Crippen LogP contribution >= 0.6 is 0 Å². The van der Waals surface area contributed by atoms with E-state index in [9.17, 15) is 18.0 Å². The molecule has 0 unspecified atom stereocenters. The van der Waals surface area contributed by atoms with Crippen molar-refractivity contribution in [3.8, 4) is 11.4 Å². The van der Waals surface area contributed by atoms with Gasteiger partial charge in [-0.25, -0.2) is 0 Å². The van der Waals surface area contributed by atoms with Crippen molar-refractivity contribution in [2.45, 2.75) is 19.6 Å². The lowest BCUT2D eigenvalue weighted by Crippen LogP contribution is -2.49. The lowest BCUT2D eigenvalue weighted by atomic mass is 10.1. The summed E-state index contributed by atoms with van der Waals surface area (Å²) >= 11 is 0. The zero-order chi connectivity index (χ0) is 20.1. The van der Waals surface area contributed by atoms with E-state index in [2.05, 4.69) is 19.8 Å².